The number of rotatable bonds is 23. The van der Waals surface area contributed by atoms with Crippen molar-refractivity contribution < 1.29 is 9.28 Å². The molecule has 3 heteroatoms. The smallest absolute Gasteiger partial charge is 0.222 e. The van der Waals surface area contributed by atoms with Crippen molar-refractivity contribution in [3.63, 3.8) is 0 Å². The molecule has 1 aliphatic rings. The van der Waals surface area contributed by atoms with E-state index in [1.165, 1.54) is 135 Å². The van der Waals surface area contributed by atoms with Crippen LogP contribution in [0.1, 0.15) is 155 Å². The highest BCUT2D eigenvalue weighted by Gasteiger charge is 2.28. The summed E-state index contributed by atoms with van der Waals surface area (Å²) in [5.74, 6) is 0.403. The van der Waals surface area contributed by atoms with E-state index in [1.807, 2.05) is 0 Å². The molecule has 1 aliphatic heterocycles. The van der Waals surface area contributed by atoms with Gasteiger partial charge < -0.3 is 9.38 Å². The number of hydrogen-bond acceptors (Lipinski definition) is 1. The van der Waals surface area contributed by atoms with Gasteiger partial charge in [-0.05, 0) is 13.3 Å². The summed E-state index contributed by atoms with van der Waals surface area (Å²) in [5.41, 5.74) is 0. The lowest BCUT2D eigenvalue weighted by molar-refractivity contribution is -0.911. The predicted octanol–water partition coefficient (Wildman–Crippen LogP) is 8.90. The molecule has 0 aliphatic carbocycles. The van der Waals surface area contributed by atoms with Crippen LogP contribution in [0.3, 0.4) is 0 Å². The lowest BCUT2D eigenvalue weighted by Gasteiger charge is -2.41. The Morgan fingerprint density at radius 2 is 0.882 bits per heavy atom. The van der Waals surface area contributed by atoms with E-state index in [0.29, 0.717) is 5.91 Å². The van der Waals surface area contributed by atoms with Gasteiger partial charge in [-0.15, -0.1) is 0 Å². The average molecular weight is 480 g/mol. The Hall–Kier alpha value is -0.570. The fourth-order valence-corrected chi connectivity index (χ4v) is 5.38. The molecule has 34 heavy (non-hydrogen) atoms. The fraction of sp³-hybridized carbons (Fsp3) is 0.968. The van der Waals surface area contributed by atoms with Gasteiger partial charge in [0, 0.05) is 6.42 Å². The Balaban J connectivity index is 1.74. The van der Waals surface area contributed by atoms with Gasteiger partial charge >= 0.3 is 0 Å². The van der Waals surface area contributed by atoms with E-state index in [2.05, 4.69) is 25.8 Å². The van der Waals surface area contributed by atoms with Crippen molar-refractivity contribution in [3.8, 4) is 0 Å². The molecule has 0 spiro atoms. The summed E-state index contributed by atoms with van der Waals surface area (Å²) in [6, 6.07) is 0. The minimum Gasteiger partial charge on any atom is -0.331 e. The lowest BCUT2D eigenvalue weighted by atomic mass is 10.0. The van der Waals surface area contributed by atoms with Crippen molar-refractivity contribution in [2.75, 3.05) is 39.8 Å². The van der Waals surface area contributed by atoms with Crippen LogP contribution in [0.15, 0.2) is 0 Å². The normalized spacial score (nSPS) is 15.7. The molecule has 3 nitrogen and oxygen atoms in total. The van der Waals surface area contributed by atoms with Crippen LogP contribution in [0.25, 0.3) is 0 Å². The number of likely N-dealkylation sites (N-methyl/N-ethyl adjacent to an activating group) is 1. The maximum atomic E-state index is 12.4. The summed E-state index contributed by atoms with van der Waals surface area (Å²) in [6.45, 7) is 9.92. The van der Waals surface area contributed by atoms with Gasteiger partial charge in [-0.3, -0.25) is 4.79 Å². The summed E-state index contributed by atoms with van der Waals surface area (Å²) < 4.78 is 1.13. The minimum absolute atomic E-state index is 0.403. The molecule has 0 saturated carbocycles. The van der Waals surface area contributed by atoms with Gasteiger partial charge in [0.25, 0.3) is 0 Å². The quantitative estimate of drug-likeness (QED) is 0.106. The number of carbonyl (C=O) groups excluding carboxylic acids is 1. The highest BCUT2D eigenvalue weighted by atomic mass is 16.2. The molecule has 0 radical (unpaired) electrons. The number of carbonyl (C=O) groups is 1. The van der Waals surface area contributed by atoms with Crippen molar-refractivity contribution in [3.05, 3.63) is 0 Å². The first kappa shape index (κ1) is 31.5. The molecule has 1 saturated heterocycles. The van der Waals surface area contributed by atoms with Gasteiger partial charge in [0.1, 0.15) is 0 Å². The highest BCUT2D eigenvalue weighted by Crippen LogP contribution is 2.16. The first-order chi connectivity index (χ1) is 16.6. The summed E-state index contributed by atoms with van der Waals surface area (Å²) in [5, 5.41) is 0. The molecule has 1 rings (SSSR count). The van der Waals surface area contributed by atoms with Gasteiger partial charge in [0.2, 0.25) is 5.91 Å². The fourth-order valence-electron chi connectivity index (χ4n) is 5.38. The topological polar surface area (TPSA) is 20.3 Å². The Morgan fingerprint density at radius 1 is 0.559 bits per heavy atom. The van der Waals surface area contributed by atoms with Crippen LogP contribution >= 0.6 is 0 Å². The Labute approximate surface area is 215 Å². The summed E-state index contributed by atoms with van der Waals surface area (Å²) >= 11 is 0. The van der Waals surface area contributed by atoms with Crippen LogP contribution in [-0.4, -0.2) is 55.1 Å². The molecular formula is C31H63N2O+. The molecule has 0 bridgehead atoms. The zero-order valence-corrected chi connectivity index (χ0v) is 23.9. The van der Waals surface area contributed by atoms with Crippen LogP contribution in [0.2, 0.25) is 0 Å². The van der Waals surface area contributed by atoms with E-state index in [4.69, 9.17) is 0 Å². The maximum Gasteiger partial charge on any atom is 0.222 e. The van der Waals surface area contributed by atoms with Crippen molar-refractivity contribution in [1.29, 1.82) is 0 Å². The number of unbranched alkanes of at least 4 members (excludes halogenated alkanes) is 20. The van der Waals surface area contributed by atoms with Crippen molar-refractivity contribution in [1.82, 2.24) is 4.90 Å². The third-order valence-corrected chi connectivity index (χ3v) is 8.43. The van der Waals surface area contributed by atoms with E-state index < -0.39 is 0 Å². The molecule has 1 fully saturated rings. The van der Waals surface area contributed by atoms with Crippen molar-refractivity contribution in [2.45, 2.75) is 155 Å². The molecule has 1 amide bonds. The first-order valence-corrected chi connectivity index (χ1v) is 15.7. The van der Waals surface area contributed by atoms with Gasteiger partial charge in [0.05, 0.1) is 39.8 Å². The van der Waals surface area contributed by atoms with Crippen LogP contribution in [-0.2, 0) is 4.79 Å². The summed E-state index contributed by atoms with van der Waals surface area (Å²) in [4.78, 5) is 14.5. The molecule has 202 valence electrons. The van der Waals surface area contributed by atoms with Crippen molar-refractivity contribution in [2.24, 2.45) is 0 Å². The third kappa shape index (κ3) is 17.0. The second-order valence-electron chi connectivity index (χ2n) is 11.6. The molecule has 0 unspecified atom stereocenters. The van der Waals surface area contributed by atoms with E-state index in [-0.39, 0.29) is 0 Å². The van der Waals surface area contributed by atoms with E-state index >= 15 is 0 Å². The molecule has 0 aromatic rings. The third-order valence-electron chi connectivity index (χ3n) is 8.43. The number of piperazine rings is 1. The molecule has 0 aromatic heterocycles. The minimum atomic E-state index is 0.403. The van der Waals surface area contributed by atoms with E-state index in [9.17, 15) is 4.79 Å². The van der Waals surface area contributed by atoms with Crippen LogP contribution < -0.4 is 0 Å². The number of quaternary nitrogens is 1. The zero-order chi connectivity index (χ0) is 24.7. The summed E-state index contributed by atoms with van der Waals surface area (Å²) in [6.07, 6.45) is 30.4. The van der Waals surface area contributed by atoms with Gasteiger partial charge in [-0.2, -0.15) is 0 Å². The number of amides is 1. The molecule has 1 heterocycles. The second-order valence-corrected chi connectivity index (χ2v) is 11.6. The monoisotopic (exact) mass is 479 g/mol. The molecule has 0 aromatic carbocycles. The SMILES string of the molecule is CCCCCCCCCCCCCCCCCCCCCCCC(=O)N1CC[N+](C)(CC)CC1. The highest BCUT2D eigenvalue weighted by molar-refractivity contribution is 5.76. The van der Waals surface area contributed by atoms with Crippen molar-refractivity contribution >= 4 is 5.91 Å². The van der Waals surface area contributed by atoms with Crippen LogP contribution in [0.4, 0.5) is 0 Å². The van der Waals surface area contributed by atoms with Gasteiger partial charge in [0.15, 0.2) is 0 Å². The standard InChI is InChI=1S/C31H63N2O/c1-4-6-7-8-9-10-11-12-13-14-15-16-17-18-19-20-21-22-23-24-25-26-31(34)32-27-29-33(3,5-2)30-28-32/h4-30H2,1-3H3/q+1. The lowest BCUT2D eigenvalue weighted by Crippen LogP contribution is -2.58. The average Bonchev–Trinajstić information content (AvgIpc) is 2.85. The molecule has 0 N–H and O–H groups in total. The van der Waals surface area contributed by atoms with Crippen LogP contribution in [0.5, 0.6) is 0 Å². The largest absolute Gasteiger partial charge is 0.331 e. The van der Waals surface area contributed by atoms with E-state index in [0.717, 1.165) is 43.5 Å². The second kappa shape index (κ2) is 21.7. The first-order valence-electron chi connectivity index (χ1n) is 15.7. The molecular weight excluding hydrogens is 416 g/mol. The molecule has 0 atom stereocenters. The van der Waals surface area contributed by atoms with Gasteiger partial charge in [-0.25, -0.2) is 0 Å². The Bertz CT molecular complexity index is 456. The number of hydrogen-bond donors (Lipinski definition) is 0. The van der Waals surface area contributed by atoms with Crippen LogP contribution in [0, 0.1) is 0 Å². The maximum absolute atomic E-state index is 12.4. The zero-order valence-electron chi connectivity index (χ0n) is 23.9. The number of nitrogens with zero attached hydrogens (tertiary/aromatic N) is 2. The van der Waals surface area contributed by atoms with Gasteiger partial charge in [-0.1, -0.05) is 135 Å². The Kier molecular flexibility index (Phi) is 20.1. The predicted molar refractivity (Wildman–Crippen MR) is 150 cm³/mol. The summed E-state index contributed by atoms with van der Waals surface area (Å²) in [7, 11) is 2.32. The van der Waals surface area contributed by atoms with E-state index in [1.54, 1.807) is 0 Å². The Morgan fingerprint density at radius 3 is 1.21 bits per heavy atom.